The third-order valence-corrected chi connectivity index (χ3v) is 3.46. The maximum atomic E-state index is 12.1. The van der Waals surface area contributed by atoms with Crippen molar-refractivity contribution in [2.45, 2.75) is 13.8 Å². The molecule has 0 aromatic heterocycles. The molecule has 2 aromatic rings. The average Bonchev–Trinajstić information content (AvgIpc) is 2.63. The highest BCUT2D eigenvalue weighted by Crippen LogP contribution is 2.34. The van der Waals surface area contributed by atoms with Gasteiger partial charge in [-0.05, 0) is 26.0 Å². The second kappa shape index (κ2) is 9.18. The largest absolute Gasteiger partial charge is 0.493 e. The van der Waals surface area contributed by atoms with Crippen LogP contribution in [0.1, 0.15) is 29.8 Å². The molecule has 0 aliphatic rings. The molecule has 2 aromatic carbocycles. The van der Waals surface area contributed by atoms with Crippen molar-refractivity contribution < 1.29 is 19.2 Å². The Labute approximate surface area is 155 Å². The molecule has 0 aliphatic heterocycles. The lowest BCUT2D eigenvalue weighted by Crippen LogP contribution is -2.19. The number of ether oxygens (including phenoxy) is 2. The van der Waals surface area contributed by atoms with Gasteiger partial charge < -0.3 is 15.2 Å². The van der Waals surface area contributed by atoms with Crippen LogP contribution in [0.25, 0.3) is 0 Å². The number of nitro benzene ring substituents is 1. The number of amides is 1. The maximum Gasteiger partial charge on any atom is 0.311 e. The van der Waals surface area contributed by atoms with E-state index in [1.165, 1.54) is 18.3 Å². The van der Waals surface area contributed by atoms with Gasteiger partial charge in [-0.2, -0.15) is 5.10 Å². The van der Waals surface area contributed by atoms with E-state index in [9.17, 15) is 14.9 Å². The van der Waals surface area contributed by atoms with Crippen LogP contribution in [0.2, 0.25) is 0 Å². The van der Waals surface area contributed by atoms with Gasteiger partial charge in [-0.25, -0.2) is 5.43 Å². The molecular weight excluding hydrogens is 352 g/mol. The number of hydrogen-bond acceptors (Lipinski definition) is 7. The van der Waals surface area contributed by atoms with Gasteiger partial charge in [-0.3, -0.25) is 14.9 Å². The van der Waals surface area contributed by atoms with Gasteiger partial charge in [0.15, 0.2) is 0 Å². The number of hydrazone groups is 1. The average molecular weight is 372 g/mol. The third-order valence-electron chi connectivity index (χ3n) is 3.46. The lowest BCUT2D eigenvalue weighted by Gasteiger charge is -2.11. The molecule has 0 fully saturated rings. The van der Waals surface area contributed by atoms with E-state index in [0.29, 0.717) is 23.6 Å². The van der Waals surface area contributed by atoms with Crippen LogP contribution < -0.4 is 20.6 Å². The first-order valence-electron chi connectivity index (χ1n) is 8.23. The van der Waals surface area contributed by atoms with Gasteiger partial charge >= 0.3 is 5.69 Å². The van der Waals surface area contributed by atoms with E-state index in [1.54, 1.807) is 38.1 Å². The SMILES string of the molecule is CCOc1cc(OCC)c([N+](=O)[O-])cc1/C=N\NC(=O)c1ccccc1N. The second-order valence-corrected chi connectivity index (χ2v) is 5.27. The Morgan fingerprint density at radius 2 is 1.89 bits per heavy atom. The molecule has 0 saturated heterocycles. The Balaban J connectivity index is 2.29. The van der Waals surface area contributed by atoms with Crippen molar-refractivity contribution in [2.24, 2.45) is 5.10 Å². The summed E-state index contributed by atoms with van der Waals surface area (Å²) in [5.74, 6) is -0.0456. The summed E-state index contributed by atoms with van der Waals surface area (Å²) in [4.78, 5) is 22.8. The van der Waals surface area contributed by atoms with Crippen molar-refractivity contribution in [3.8, 4) is 11.5 Å². The fourth-order valence-corrected chi connectivity index (χ4v) is 2.29. The Morgan fingerprint density at radius 3 is 2.52 bits per heavy atom. The molecule has 0 radical (unpaired) electrons. The summed E-state index contributed by atoms with van der Waals surface area (Å²) in [6.07, 6.45) is 1.27. The van der Waals surface area contributed by atoms with Gasteiger partial charge in [-0.1, -0.05) is 12.1 Å². The van der Waals surface area contributed by atoms with Gasteiger partial charge in [0.05, 0.1) is 29.9 Å². The van der Waals surface area contributed by atoms with Crippen LogP contribution in [-0.4, -0.2) is 30.3 Å². The number of hydrogen-bond donors (Lipinski definition) is 2. The number of rotatable bonds is 8. The number of nitrogen functional groups attached to an aromatic ring is 1. The summed E-state index contributed by atoms with van der Waals surface area (Å²) in [6, 6.07) is 9.27. The highest BCUT2D eigenvalue weighted by molar-refractivity contribution is 5.99. The molecule has 27 heavy (non-hydrogen) atoms. The zero-order valence-electron chi connectivity index (χ0n) is 15.0. The van der Waals surface area contributed by atoms with Crippen molar-refractivity contribution in [1.82, 2.24) is 5.43 Å². The normalized spacial score (nSPS) is 10.6. The first kappa shape index (κ1) is 19.7. The highest BCUT2D eigenvalue weighted by Gasteiger charge is 2.19. The van der Waals surface area contributed by atoms with E-state index in [2.05, 4.69) is 10.5 Å². The molecule has 0 aliphatic carbocycles. The smallest absolute Gasteiger partial charge is 0.311 e. The summed E-state index contributed by atoms with van der Waals surface area (Å²) in [5, 5.41) is 15.1. The van der Waals surface area contributed by atoms with Gasteiger partial charge in [-0.15, -0.1) is 0 Å². The molecule has 0 heterocycles. The van der Waals surface area contributed by atoms with Crippen LogP contribution in [0, 0.1) is 10.1 Å². The first-order chi connectivity index (χ1) is 13.0. The number of carbonyl (C=O) groups is 1. The van der Waals surface area contributed by atoms with Gasteiger partial charge in [0.2, 0.25) is 5.75 Å². The second-order valence-electron chi connectivity index (χ2n) is 5.27. The molecule has 1 amide bonds. The maximum absolute atomic E-state index is 12.1. The van der Waals surface area contributed by atoms with Crippen molar-refractivity contribution >= 4 is 23.5 Å². The summed E-state index contributed by atoms with van der Waals surface area (Å²) >= 11 is 0. The minimum absolute atomic E-state index is 0.101. The van der Waals surface area contributed by atoms with Gasteiger partial charge in [0.25, 0.3) is 5.91 Å². The van der Waals surface area contributed by atoms with Crippen molar-refractivity contribution in [1.29, 1.82) is 0 Å². The Kier molecular flexibility index (Phi) is 6.70. The number of anilines is 1. The van der Waals surface area contributed by atoms with Crippen LogP contribution >= 0.6 is 0 Å². The Hall–Kier alpha value is -3.62. The number of benzene rings is 2. The van der Waals surface area contributed by atoms with Crippen LogP contribution in [0.4, 0.5) is 11.4 Å². The fraction of sp³-hybridized carbons (Fsp3) is 0.222. The minimum Gasteiger partial charge on any atom is -0.493 e. The molecular formula is C18H20N4O5. The predicted octanol–water partition coefficient (Wildman–Crippen LogP) is 2.74. The van der Waals surface area contributed by atoms with Gasteiger partial charge in [0, 0.05) is 23.4 Å². The number of nitrogens with zero attached hydrogens (tertiary/aromatic N) is 2. The summed E-state index contributed by atoms with van der Waals surface area (Å²) in [6.45, 7) is 4.12. The molecule has 0 bridgehead atoms. The molecule has 0 saturated carbocycles. The molecule has 9 heteroatoms. The van der Waals surface area contributed by atoms with E-state index in [1.807, 2.05) is 0 Å². The lowest BCUT2D eigenvalue weighted by atomic mass is 10.1. The number of nitro groups is 1. The molecule has 2 rings (SSSR count). The zero-order valence-corrected chi connectivity index (χ0v) is 15.0. The topological polar surface area (TPSA) is 129 Å². The zero-order chi connectivity index (χ0) is 19.8. The van der Waals surface area contributed by atoms with Crippen molar-refractivity contribution in [2.75, 3.05) is 18.9 Å². The monoisotopic (exact) mass is 372 g/mol. The van der Waals surface area contributed by atoms with Gasteiger partial charge in [0.1, 0.15) is 5.75 Å². The van der Waals surface area contributed by atoms with E-state index in [0.717, 1.165) is 0 Å². The van der Waals surface area contributed by atoms with Crippen LogP contribution in [0.5, 0.6) is 11.5 Å². The molecule has 9 nitrogen and oxygen atoms in total. The summed E-state index contributed by atoms with van der Waals surface area (Å²) in [7, 11) is 0. The summed E-state index contributed by atoms with van der Waals surface area (Å²) in [5.41, 5.74) is 8.78. The quantitative estimate of drug-likeness (QED) is 0.317. The standard InChI is InChI=1S/C18H20N4O5/c1-3-26-16-10-17(27-4-2)15(22(24)25)9-12(16)11-20-21-18(23)13-7-5-6-8-14(13)19/h5-11H,3-4,19H2,1-2H3,(H,21,23)/b20-11-. The molecule has 3 N–H and O–H groups in total. The third kappa shape index (κ3) is 4.94. The van der Waals surface area contributed by atoms with Crippen molar-refractivity contribution in [3.63, 3.8) is 0 Å². The first-order valence-corrected chi connectivity index (χ1v) is 8.23. The lowest BCUT2D eigenvalue weighted by molar-refractivity contribution is -0.385. The molecule has 142 valence electrons. The van der Waals surface area contributed by atoms with E-state index >= 15 is 0 Å². The Morgan fingerprint density at radius 1 is 1.22 bits per heavy atom. The van der Waals surface area contributed by atoms with Crippen LogP contribution in [-0.2, 0) is 0 Å². The highest BCUT2D eigenvalue weighted by atomic mass is 16.6. The Bertz CT molecular complexity index is 867. The molecule has 0 atom stereocenters. The molecule has 0 spiro atoms. The number of para-hydroxylation sites is 1. The fourth-order valence-electron chi connectivity index (χ4n) is 2.29. The minimum atomic E-state index is -0.554. The van der Waals surface area contributed by atoms with E-state index in [-0.39, 0.29) is 23.6 Å². The number of nitrogens with two attached hydrogens (primary N) is 1. The number of nitrogens with one attached hydrogen (secondary N) is 1. The number of carbonyl (C=O) groups excluding carboxylic acids is 1. The van der Waals surface area contributed by atoms with Crippen LogP contribution in [0.15, 0.2) is 41.5 Å². The van der Waals surface area contributed by atoms with E-state index < -0.39 is 10.8 Å². The summed E-state index contributed by atoms with van der Waals surface area (Å²) < 4.78 is 10.8. The van der Waals surface area contributed by atoms with Crippen LogP contribution in [0.3, 0.4) is 0 Å². The molecule has 0 unspecified atom stereocenters. The van der Waals surface area contributed by atoms with Crippen molar-refractivity contribution in [3.05, 3.63) is 57.6 Å². The van der Waals surface area contributed by atoms with E-state index in [4.69, 9.17) is 15.2 Å². The predicted molar refractivity (Wildman–Crippen MR) is 101 cm³/mol.